The molecule has 1 aromatic heterocycles. The van der Waals surface area contributed by atoms with Crippen LogP contribution < -0.4 is 22.3 Å². The second kappa shape index (κ2) is 5.32. The van der Waals surface area contributed by atoms with Crippen LogP contribution in [0.3, 0.4) is 0 Å². The molecule has 0 bridgehead atoms. The molecular formula is C12H20N4O2S. The fourth-order valence-corrected chi connectivity index (χ4v) is 3.44. The molecule has 1 aliphatic rings. The Hall–Kier alpha value is -1.37. The van der Waals surface area contributed by atoms with Crippen molar-refractivity contribution in [2.24, 2.45) is 7.05 Å². The number of hydrogen-bond donors (Lipinski definition) is 3. The molecule has 6 nitrogen and oxygen atoms in total. The van der Waals surface area contributed by atoms with E-state index in [4.69, 9.17) is 5.73 Å². The van der Waals surface area contributed by atoms with Crippen molar-refractivity contribution >= 4 is 23.3 Å². The van der Waals surface area contributed by atoms with Crippen molar-refractivity contribution in [1.82, 2.24) is 9.55 Å². The summed E-state index contributed by atoms with van der Waals surface area (Å²) in [4.78, 5) is 25.4. The Morgan fingerprint density at radius 1 is 1.42 bits per heavy atom. The molecular weight excluding hydrogens is 264 g/mol. The van der Waals surface area contributed by atoms with Gasteiger partial charge in [-0.25, -0.2) is 4.79 Å². The van der Waals surface area contributed by atoms with Crippen molar-refractivity contribution in [2.75, 3.05) is 23.9 Å². The van der Waals surface area contributed by atoms with Gasteiger partial charge in [0.25, 0.3) is 5.56 Å². The molecule has 106 valence electrons. The van der Waals surface area contributed by atoms with Gasteiger partial charge in [-0.15, -0.1) is 0 Å². The summed E-state index contributed by atoms with van der Waals surface area (Å²) in [5.74, 6) is 0.183. The molecule has 0 amide bonds. The summed E-state index contributed by atoms with van der Waals surface area (Å²) in [7, 11) is 1.54. The number of nitrogens with zero attached hydrogens (tertiary/aromatic N) is 1. The predicted octanol–water partition coefficient (Wildman–Crippen LogP) is 0.743. The summed E-state index contributed by atoms with van der Waals surface area (Å²) < 4.78 is 1.41. The number of aromatic nitrogens is 2. The molecule has 19 heavy (non-hydrogen) atoms. The number of nitrogen functional groups attached to an aromatic ring is 1. The van der Waals surface area contributed by atoms with Gasteiger partial charge in [-0.3, -0.25) is 14.3 Å². The number of hydrogen-bond acceptors (Lipinski definition) is 5. The summed E-state index contributed by atoms with van der Waals surface area (Å²) in [6, 6.07) is 0. The molecule has 0 aliphatic heterocycles. The first-order valence-electron chi connectivity index (χ1n) is 6.37. The Kier molecular flexibility index (Phi) is 3.93. The number of anilines is 2. The van der Waals surface area contributed by atoms with Crippen LogP contribution in [0.15, 0.2) is 9.59 Å². The monoisotopic (exact) mass is 284 g/mol. The van der Waals surface area contributed by atoms with Crippen molar-refractivity contribution in [2.45, 2.75) is 30.4 Å². The second-order valence-corrected chi connectivity index (χ2v) is 6.30. The topological polar surface area (TPSA) is 92.9 Å². The number of aromatic amines is 1. The number of nitrogens with two attached hydrogens (primary N) is 1. The van der Waals surface area contributed by atoms with E-state index >= 15 is 0 Å². The van der Waals surface area contributed by atoms with Crippen LogP contribution in [0, 0.1) is 0 Å². The Morgan fingerprint density at radius 3 is 2.63 bits per heavy atom. The third-order valence-corrected chi connectivity index (χ3v) is 5.32. The van der Waals surface area contributed by atoms with Gasteiger partial charge in [0.1, 0.15) is 11.5 Å². The maximum atomic E-state index is 11.8. The zero-order valence-corrected chi connectivity index (χ0v) is 12.1. The van der Waals surface area contributed by atoms with E-state index in [1.165, 1.54) is 17.4 Å². The zero-order valence-electron chi connectivity index (χ0n) is 11.3. The van der Waals surface area contributed by atoms with Crippen LogP contribution in [0.1, 0.15) is 25.7 Å². The summed E-state index contributed by atoms with van der Waals surface area (Å²) >= 11 is 1.83. The maximum Gasteiger partial charge on any atom is 0.329 e. The molecule has 1 saturated carbocycles. The summed E-state index contributed by atoms with van der Waals surface area (Å²) in [5.41, 5.74) is 5.18. The third-order valence-electron chi connectivity index (χ3n) is 3.90. The van der Waals surface area contributed by atoms with Crippen LogP contribution in [0.5, 0.6) is 0 Å². The van der Waals surface area contributed by atoms with E-state index in [9.17, 15) is 9.59 Å². The molecule has 1 fully saturated rings. The van der Waals surface area contributed by atoms with Crippen molar-refractivity contribution in [3.05, 3.63) is 20.8 Å². The lowest BCUT2D eigenvalue weighted by molar-refractivity contribution is 0.638. The summed E-state index contributed by atoms with van der Waals surface area (Å²) in [6.45, 7) is 0.694. The van der Waals surface area contributed by atoms with Gasteiger partial charge in [0.05, 0.1) is 0 Å². The highest BCUT2D eigenvalue weighted by Crippen LogP contribution is 2.40. The number of H-pyrrole nitrogens is 1. The number of rotatable bonds is 4. The third kappa shape index (κ3) is 2.65. The quantitative estimate of drug-likeness (QED) is 0.758. The summed E-state index contributed by atoms with van der Waals surface area (Å²) in [5, 5.41) is 3.13. The second-order valence-electron chi connectivity index (χ2n) is 5.03. The van der Waals surface area contributed by atoms with E-state index in [0.717, 1.165) is 12.8 Å². The molecule has 0 saturated heterocycles. The van der Waals surface area contributed by atoms with Crippen molar-refractivity contribution in [3.8, 4) is 0 Å². The Bertz CT molecular complexity index is 572. The minimum absolute atomic E-state index is 0.174. The van der Waals surface area contributed by atoms with Crippen molar-refractivity contribution in [1.29, 1.82) is 0 Å². The first-order valence-corrected chi connectivity index (χ1v) is 7.59. The van der Waals surface area contributed by atoms with Gasteiger partial charge in [-0.2, -0.15) is 11.8 Å². The Labute approximate surface area is 115 Å². The molecule has 7 heteroatoms. The summed E-state index contributed by atoms with van der Waals surface area (Å²) in [6.07, 6.45) is 6.83. The van der Waals surface area contributed by atoms with Crippen LogP contribution in [0.25, 0.3) is 0 Å². The first kappa shape index (κ1) is 14.0. The molecule has 1 aromatic rings. The highest BCUT2D eigenvalue weighted by atomic mass is 32.2. The minimum Gasteiger partial charge on any atom is -0.383 e. The Morgan fingerprint density at radius 2 is 2.05 bits per heavy atom. The van der Waals surface area contributed by atoms with Crippen LogP contribution in [0.2, 0.25) is 0 Å². The van der Waals surface area contributed by atoms with Gasteiger partial charge in [-0.1, -0.05) is 12.8 Å². The normalized spacial score (nSPS) is 17.6. The van der Waals surface area contributed by atoms with Crippen LogP contribution >= 0.6 is 11.8 Å². The average Bonchev–Trinajstić information content (AvgIpc) is 2.85. The lowest BCUT2D eigenvalue weighted by Gasteiger charge is -2.27. The molecule has 0 radical (unpaired) electrons. The molecule has 0 spiro atoms. The van der Waals surface area contributed by atoms with Crippen molar-refractivity contribution < 1.29 is 0 Å². The lowest BCUT2D eigenvalue weighted by atomic mass is 10.1. The van der Waals surface area contributed by atoms with E-state index in [1.807, 2.05) is 11.8 Å². The van der Waals surface area contributed by atoms with Gasteiger partial charge < -0.3 is 11.1 Å². The van der Waals surface area contributed by atoms with E-state index < -0.39 is 11.2 Å². The zero-order chi connectivity index (χ0) is 14.0. The molecule has 1 aliphatic carbocycles. The van der Waals surface area contributed by atoms with Crippen LogP contribution in [-0.4, -0.2) is 27.1 Å². The van der Waals surface area contributed by atoms with Gasteiger partial charge in [0.2, 0.25) is 0 Å². The fraction of sp³-hybridized carbons (Fsp3) is 0.667. The number of nitrogens with one attached hydrogen (secondary N) is 2. The van der Waals surface area contributed by atoms with E-state index in [0.29, 0.717) is 12.2 Å². The standard InChI is InChI=1S/C12H20N4O2S/c1-16-9(13)8(10(17)15-11(16)18)14-7-12(19-2)5-3-4-6-12/h14H,3-7,13H2,1-2H3,(H,15,17,18). The van der Waals surface area contributed by atoms with E-state index in [-0.39, 0.29) is 10.6 Å². The molecule has 1 heterocycles. The molecule has 0 aromatic carbocycles. The van der Waals surface area contributed by atoms with Gasteiger partial charge in [-0.05, 0) is 19.1 Å². The first-order chi connectivity index (χ1) is 8.99. The van der Waals surface area contributed by atoms with Gasteiger partial charge in [0, 0.05) is 18.3 Å². The minimum atomic E-state index is -0.492. The fourth-order valence-electron chi connectivity index (χ4n) is 2.53. The molecule has 2 rings (SSSR count). The highest BCUT2D eigenvalue weighted by Gasteiger charge is 2.33. The predicted molar refractivity (Wildman–Crippen MR) is 79.9 cm³/mol. The Balaban J connectivity index is 2.23. The smallest absolute Gasteiger partial charge is 0.329 e. The highest BCUT2D eigenvalue weighted by molar-refractivity contribution is 8.00. The SMILES string of the molecule is CSC1(CNc2c(N)n(C)c(=O)[nH]c2=O)CCCC1. The molecule has 4 N–H and O–H groups in total. The van der Waals surface area contributed by atoms with E-state index in [1.54, 1.807) is 7.05 Å². The lowest BCUT2D eigenvalue weighted by Crippen LogP contribution is -2.36. The van der Waals surface area contributed by atoms with Gasteiger partial charge >= 0.3 is 5.69 Å². The van der Waals surface area contributed by atoms with Crippen molar-refractivity contribution in [3.63, 3.8) is 0 Å². The van der Waals surface area contributed by atoms with Crippen LogP contribution in [0.4, 0.5) is 11.5 Å². The van der Waals surface area contributed by atoms with Crippen LogP contribution in [-0.2, 0) is 7.05 Å². The largest absolute Gasteiger partial charge is 0.383 e. The maximum absolute atomic E-state index is 11.8. The molecule has 0 unspecified atom stereocenters. The van der Waals surface area contributed by atoms with E-state index in [2.05, 4.69) is 16.6 Å². The molecule has 0 atom stereocenters. The van der Waals surface area contributed by atoms with Gasteiger partial charge in [0.15, 0.2) is 0 Å². The average molecular weight is 284 g/mol. The number of thioether (sulfide) groups is 1.